The molecule has 0 aromatic heterocycles. The van der Waals surface area contributed by atoms with Crippen molar-refractivity contribution in [3.8, 4) is 0 Å². The van der Waals surface area contributed by atoms with Gasteiger partial charge in [0.25, 0.3) is 0 Å². The van der Waals surface area contributed by atoms with E-state index in [-0.39, 0.29) is 5.91 Å². The molecule has 0 aliphatic rings. The summed E-state index contributed by atoms with van der Waals surface area (Å²) in [6.07, 6.45) is 1.69. The molecular weight excluding hydrogens is 220 g/mol. The molecule has 0 saturated heterocycles. The second-order valence-electron chi connectivity index (χ2n) is 4.88. The van der Waals surface area contributed by atoms with Crippen molar-refractivity contribution in [3.63, 3.8) is 0 Å². The SMILES string of the molecule is CCCC(=O)NCCCNC(=O)OC(C)(C)C. The maximum atomic E-state index is 11.2. The summed E-state index contributed by atoms with van der Waals surface area (Å²) in [7, 11) is 0. The monoisotopic (exact) mass is 244 g/mol. The first-order chi connectivity index (χ1) is 7.85. The van der Waals surface area contributed by atoms with Crippen molar-refractivity contribution in [3.05, 3.63) is 0 Å². The Morgan fingerprint density at radius 2 is 1.71 bits per heavy atom. The highest BCUT2D eigenvalue weighted by Crippen LogP contribution is 2.06. The van der Waals surface area contributed by atoms with E-state index < -0.39 is 11.7 Å². The number of amides is 2. The fraction of sp³-hybridized carbons (Fsp3) is 0.833. The van der Waals surface area contributed by atoms with Gasteiger partial charge in [0.1, 0.15) is 5.60 Å². The minimum Gasteiger partial charge on any atom is -0.444 e. The van der Waals surface area contributed by atoms with Crippen molar-refractivity contribution in [1.82, 2.24) is 10.6 Å². The van der Waals surface area contributed by atoms with Gasteiger partial charge in [0.05, 0.1) is 0 Å². The van der Waals surface area contributed by atoms with Crippen molar-refractivity contribution in [2.75, 3.05) is 13.1 Å². The predicted molar refractivity (Wildman–Crippen MR) is 66.8 cm³/mol. The number of nitrogens with one attached hydrogen (secondary N) is 2. The quantitative estimate of drug-likeness (QED) is 0.700. The highest BCUT2D eigenvalue weighted by atomic mass is 16.6. The lowest BCUT2D eigenvalue weighted by Gasteiger charge is -2.19. The third-order valence-corrected chi connectivity index (χ3v) is 1.82. The largest absolute Gasteiger partial charge is 0.444 e. The Morgan fingerprint density at radius 3 is 2.24 bits per heavy atom. The van der Waals surface area contributed by atoms with Gasteiger partial charge in [0.15, 0.2) is 0 Å². The van der Waals surface area contributed by atoms with Crippen LogP contribution in [0.3, 0.4) is 0 Å². The van der Waals surface area contributed by atoms with Gasteiger partial charge in [0.2, 0.25) is 5.91 Å². The van der Waals surface area contributed by atoms with E-state index in [1.54, 1.807) is 0 Å². The number of hydrogen-bond acceptors (Lipinski definition) is 3. The lowest BCUT2D eigenvalue weighted by atomic mass is 10.2. The molecule has 0 unspecified atom stereocenters. The number of carbonyl (C=O) groups excluding carboxylic acids is 2. The first-order valence-corrected chi connectivity index (χ1v) is 6.08. The molecule has 2 N–H and O–H groups in total. The van der Waals surface area contributed by atoms with Crippen LogP contribution in [0.5, 0.6) is 0 Å². The summed E-state index contributed by atoms with van der Waals surface area (Å²) in [6, 6.07) is 0. The highest BCUT2D eigenvalue weighted by Gasteiger charge is 2.15. The summed E-state index contributed by atoms with van der Waals surface area (Å²) in [5, 5.41) is 5.41. The molecular formula is C12H24N2O3. The smallest absolute Gasteiger partial charge is 0.407 e. The van der Waals surface area contributed by atoms with Gasteiger partial charge in [-0.3, -0.25) is 4.79 Å². The fourth-order valence-electron chi connectivity index (χ4n) is 1.14. The molecule has 0 saturated carbocycles. The average Bonchev–Trinajstić information content (AvgIpc) is 2.14. The van der Waals surface area contributed by atoms with Crippen LogP contribution >= 0.6 is 0 Å². The molecule has 5 nitrogen and oxygen atoms in total. The van der Waals surface area contributed by atoms with Gasteiger partial charge in [-0.15, -0.1) is 0 Å². The molecule has 0 aliphatic heterocycles. The van der Waals surface area contributed by atoms with E-state index in [0.717, 1.165) is 6.42 Å². The molecule has 100 valence electrons. The average molecular weight is 244 g/mol. The number of hydrogen-bond donors (Lipinski definition) is 2. The van der Waals surface area contributed by atoms with Gasteiger partial charge in [-0.1, -0.05) is 6.92 Å². The van der Waals surface area contributed by atoms with E-state index in [1.165, 1.54) is 0 Å². The van der Waals surface area contributed by atoms with Gasteiger partial charge in [-0.25, -0.2) is 4.79 Å². The number of carbonyl (C=O) groups is 2. The Morgan fingerprint density at radius 1 is 1.12 bits per heavy atom. The first-order valence-electron chi connectivity index (χ1n) is 6.08. The van der Waals surface area contributed by atoms with Crippen LogP contribution in [0.1, 0.15) is 47.0 Å². The van der Waals surface area contributed by atoms with Gasteiger partial charge in [-0.05, 0) is 33.6 Å². The van der Waals surface area contributed by atoms with E-state index in [9.17, 15) is 9.59 Å². The molecule has 0 bridgehead atoms. The molecule has 2 amide bonds. The van der Waals surface area contributed by atoms with Crippen molar-refractivity contribution in [2.24, 2.45) is 0 Å². The topological polar surface area (TPSA) is 67.4 Å². The molecule has 0 aromatic rings. The number of alkyl carbamates (subject to hydrolysis) is 1. The van der Waals surface area contributed by atoms with Gasteiger partial charge in [-0.2, -0.15) is 0 Å². The zero-order valence-corrected chi connectivity index (χ0v) is 11.3. The van der Waals surface area contributed by atoms with Crippen LogP contribution in [0, 0.1) is 0 Å². The van der Waals surface area contributed by atoms with Gasteiger partial charge in [0, 0.05) is 19.5 Å². The van der Waals surface area contributed by atoms with Crippen LogP contribution < -0.4 is 10.6 Å². The lowest BCUT2D eigenvalue weighted by Crippen LogP contribution is -2.34. The third-order valence-electron chi connectivity index (χ3n) is 1.82. The van der Waals surface area contributed by atoms with Crippen LogP contribution in [0.2, 0.25) is 0 Å². The molecule has 0 spiro atoms. The minimum absolute atomic E-state index is 0.0600. The molecule has 17 heavy (non-hydrogen) atoms. The first kappa shape index (κ1) is 15.7. The molecule has 0 heterocycles. The highest BCUT2D eigenvalue weighted by molar-refractivity contribution is 5.75. The Hall–Kier alpha value is -1.26. The van der Waals surface area contributed by atoms with Crippen LogP contribution in [-0.4, -0.2) is 30.7 Å². The van der Waals surface area contributed by atoms with E-state index in [1.807, 2.05) is 27.7 Å². The fourth-order valence-corrected chi connectivity index (χ4v) is 1.14. The Kier molecular flexibility index (Phi) is 7.34. The van der Waals surface area contributed by atoms with Crippen LogP contribution in [-0.2, 0) is 9.53 Å². The molecule has 0 atom stereocenters. The standard InChI is InChI=1S/C12H24N2O3/c1-5-7-10(15)13-8-6-9-14-11(16)17-12(2,3)4/h5-9H2,1-4H3,(H,13,15)(H,14,16). The molecule has 0 aromatic carbocycles. The second-order valence-corrected chi connectivity index (χ2v) is 4.88. The number of rotatable bonds is 6. The van der Waals surface area contributed by atoms with Crippen LogP contribution in [0.25, 0.3) is 0 Å². The van der Waals surface area contributed by atoms with Crippen molar-refractivity contribution < 1.29 is 14.3 Å². The van der Waals surface area contributed by atoms with E-state index in [4.69, 9.17) is 4.74 Å². The second kappa shape index (κ2) is 7.92. The minimum atomic E-state index is -0.473. The van der Waals surface area contributed by atoms with Gasteiger partial charge >= 0.3 is 6.09 Å². The zero-order valence-electron chi connectivity index (χ0n) is 11.3. The van der Waals surface area contributed by atoms with Crippen molar-refractivity contribution in [1.29, 1.82) is 0 Å². The summed E-state index contributed by atoms with van der Waals surface area (Å²) >= 11 is 0. The molecule has 0 fully saturated rings. The lowest BCUT2D eigenvalue weighted by molar-refractivity contribution is -0.121. The molecule has 5 heteroatoms. The Labute approximate surface area is 103 Å². The predicted octanol–water partition coefficient (Wildman–Crippen LogP) is 1.82. The molecule has 0 aliphatic carbocycles. The zero-order chi connectivity index (χ0) is 13.3. The van der Waals surface area contributed by atoms with E-state index in [2.05, 4.69) is 10.6 Å². The summed E-state index contributed by atoms with van der Waals surface area (Å²) in [5.74, 6) is 0.0600. The third kappa shape index (κ3) is 11.0. The summed E-state index contributed by atoms with van der Waals surface area (Å²) in [4.78, 5) is 22.3. The Bertz CT molecular complexity index is 247. The maximum Gasteiger partial charge on any atom is 0.407 e. The van der Waals surface area contributed by atoms with Crippen LogP contribution in [0.4, 0.5) is 4.79 Å². The van der Waals surface area contributed by atoms with Crippen LogP contribution in [0.15, 0.2) is 0 Å². The van der Waals surface area contributed by atoms with Crippen molar-refractivity contribution in [2.45, 2.75) is 52.6 Å². The van der Waals surface area contributed by atoms with Gasteiger partial charge < -0.3 is 15.4 Å². The normalized spacial score (nSPS) is 10.8. The molecule has 0 rings (SSSR count). The summed E-state index contributed by atoms with van der Waals surface area (Å²) in [5.41, 5.74) is -0.473. The summed E-state index contributed by atoms with van der Waals surface area (Å²) < 4.78 is 5.07. The van der Waals surface area contributed by atoms with E-state index in [0.29, 0.717) is 25.9 Å². The Balaban J connectivity index is 3.46. The number of ether oxygens (including phenoxy) is 1. The molecule has 0 radical (unpaired) electrons. The van der Waals surface area contributed by atoms with E-state index >= 15 is 0 Å². The maximum absolute atomic E-state index is 11.2. The van der Waals surface area contributed by atoms with Crippen molar-refractivity contribution >= 4 is 12.0 Å². The summed E-state index contributed by atoms with van der Waals surface area (Å²) in [6.45, 7) is 8.49.